The molecule has 0 radical (unpaired) electrons. The van der Waals surface area contributed by atoms with Crippen LogP contribution >= 0.6 is 23.8 Å². The van der Waals surface area contributed by atoms with Gasteiger partial charge in [-0.25, -0.2) is 0 Å². The van der Waals surface area contributed by atoms with E-state index in [9.17, 15) is 9.59 Å². The Bertz CT molecular complexity index is 778. The van der Waals surface area contributed by atoms with E-state index in [1.165, 1.54) is 0 Å². The minimum absolute atomic E-state index is 0.0445. The molecule has 7 heteroatoms. The van der Waals surface area contributed by atoms with Crippen LogP contribution in [-0.4, -0.2) is 16.9 Å². The summed E-state index contributed by atoms with van der Waals surface area (Å²) in [7, 11) is 0. The van der Waals surface area contributed by atoms with Crippen LogP contribution in [0.15, 0.2) is 48.5 Å². The van der Waals surface area contributed by atoms with Crippen LogP contribution in [-0.2, 0) is 22.4 Å². The van der Waals surface area contributed by atoms with Crippen LogP contribution in [0.2, 0.25) is 5.02 Å². The summed E-state index contributed by atoms with van der Waals surface area (Å²) in [5.74, 6) is -0.531. The highest BCUT2D eigenvalue weighted by molar-refractivity contribution is 7.80. The van der Waals surface area contributed by atoms with Crippen molar-refractivity contribution in [1.82, 2.24) is 16.2 Å². The molecule has 0 saturated heterocycles. The fraction of sp³-hybridized carbons (Fsp3) is 0.167. The number of thiocarbonyl (C=S) groups is 1. The van der Waals surface area contributed by atoms with Crippen molar-refractivity contribution in [2.75, 3.05) is 0 Å². The monoisotopic (exact) mass is 375 g/mol. The second-order valence-electron chi connectivity index (χ2n) is 5.46. The fourth-order valence-electron chi connectivity index (χ4n) is 2.14. The zero-order valence-corrected chi connectivity index (χ0v) is 15.2. The van der Waals surface area contributed by atoms with E-state index in [2.05, 4.69) is 16.2 Å². The van der Waals surface area contributed by atoms with E-state index < -0.39 is 0 Å². The Kier molecular flexibility index (Phi) is 6.91. The molecule has 5 nitrogen and oxygen atoms in total. The molecule has 0 unspecified atom stereocenters. The Hall–Kier alpha value is -2.44. The summed E-state index contributed by atoms with van der Waals surface area (Å²) in [6.45, 7) is 1.94. The summed E-state index contributed by atoms with van der Waals surface area (Å²) >= 11 is 10.8. The molecule has 0 spiro atoms. The topological polar surface area (TPSA) is 70.2 Å². The van der Waals surface area contributed by atoms with Crippen LogP contribution in [0.5, 0.6) is 0 Å². The maximum atomic E-state index is 12.0. The Balaban J connectivity index is 1.74. The first-order valence-corrected chi connectivity index (χ1v) is 8.40. The van der Waals surface area contributed by atoms with Gasteiger partial charge in [-0.3, -0.25) is 20.4 Å². The van der Waals surface area contributed by atoms with Gasteiger partial charge in [0, 0.05) is 5.02 Å². The molecule has 0 saturated carbocycles. The lowest BCUT2D eigenvalue weighted by Gasteiger charge is -2.11. The summed E-state index contributed by atoms with van der Waals surface area (Å²) < 4.78 is 0. The number of amides is 2. The van der Waals surface area contributed by atoms with E-state index in [0.717, 1.165) is 16.7 Å². The molecule has 2 rings (SSSR count). The molecular weight excluding hydrogens is 358 g/mol. The summed E-state index contributed by atoms with van der Waals surface area (Å²) in [6, 6.07) is 14.6. The van der Waals surface area contributed by atoms with Gasteiger partial charge in [0.15, 0.2) is 5.11 Å². The Labute approximate surface area is 156 Å². The number of carbonyl (C=O) groups excluding carboxylic acids is 2. The number of benzene rings is 2. The lowest BCUT2D eigenvalue weighted by Crippen LogP contribution is -2.49. The van der Waals surface area contributed by atoms with Crippen LogP contribution < -0.4 is 16.2 Å². The van der Waals surface area contributed by atoms with Crippen molar-refractivity contribution in [2.45, 2.75) is 19.8 Å². The zero-order valence-electron chi connectivity index (χ0n) is 13.6. The average molecular weight is 376 g/mol. The number of hydrazine groups is 1. The maximum Gasteiger partial charge on any atom is 0.242 e. The summed E-state index contributed by atoms with van der Waals surface area (Å²) in [5.41, 5.74) is 7.75. The lowest BCUT2D eigenvalue weighted by atomic mass is 10.1. The van der Waals surface area contributed by atoms with Gasteiger partial charge in [-0.15, -0.1) is 0 Å². The molecule has 3 N–H and O–H groups in total. The predicted molar refractivity (Wildman–Crippen MR) is 102 cm³/mol. The quantitative estimate of drug-likeness (QED) is 0.567. The SMILES string of the molecule is Cc1ccccc1CC(=O)NC(=S)NNC(=O)Cc1ccc(Cl)cc1. The van der Waals surface area contributed by atoms with Crippen LogP contribution in [0.1, 0.15) is 16.7 Å². The standard InChI is InChI=1S/C18H18ClN3O2S/c1-12-4-2-3-5-14(12)11-16(23)20-18(25)22-21-17(24)10-13-6-8-15(19)9-7-13/h2-9H,10-11H2,1H3,(H,21,24)(H2,20,22,23,25). The van der Waals surface area contributed by atoms with Gasteiger partial charge in [0.2, 0.25) is 11.8 Å². The summed E-state index contributed by atoms with van der Waals surface area (Å²) in [6.07, 6.45) is 0.386. The van der Waals surface area contributed by atoms with E-state index in [-0.39, 0.29) is 29.8 Å². The van der Waals surface area contributed by atoms with Crippen molar-refractivity contribution >= 4 is 40.7 Å². The van der Waals surface area contributed by atoms with Gasteiger partial charge in [0.05, 0.1) is 12.8 Å². The molecular formula is C18H18ClN3O2S. The number of rotatable bonds is 4. The number of aryl methyl sites for hydroxylation is 1. The van der Waals surface area contributed by atoms with Gasteiger partial charge in [0.25, 0.3) is 0 Å². The van der Waals surface area contributed by atoms with Gasteiger partial charge in [-0.1, -0.05) is 48.0 Å². The Morgan fingerprint density at radius 3 is 2.32 bits per heavy atom. The zero-order chi connectivity index (χ0) is 18.2. The van der Waals surface area contributed by atoms with Gasteiger partial charge >= 0.3 is 0 Å². The maximum absolute atomic E-state index is 12.0. The molecule has 0 aliphatic heterocycles. The first kappa shape index (κ1) is 18.9. The van der Waals surface area contributed by atoms with Crippen molar-refractivity contribution in [3.8, 4) is 0 Å². The van der Waals surface area contributed by atoms with Crippen LogP contribution in [0.3, 0.4) is 0 Å². The molecule has 2 aromatic rings. The lowest BCUT2D eigenvalue weighted by molar-refractivity contribution is -0.121. The highest BCUT2D eigenvalue weighted by Crippen LogP contribution is 2.09. The Morgan fingerprint density at radius 2 is 1.64 bits per heavy atom. The molecule has 0 fully saturated rings. The normalized spacial score (nSPS) is 10.0. The van der Waals surface area contributed by atoms with E-state index in [1.807, 2.05) is 31.2 Å². The van der Waals surface area contributed by atoms with E-state index in [4.69, 9.17) is 23.8 Å². The molecule has 25 heavy (non-hydrogen) atoms. The second kappa shape index (κ2) is 9.15. The third-order valence-electron chi connectivity index (χ3n) is 3.46. The number of hydrogen-bond acceptors (Lipinski definition) is 3. The number of halogens is 1. The van der Waals surface area contributed by atoms with Crippen molar-refractivity contribution in [1.29, 1.82) is 0 Å². The van der Waals surface area contributed by atoms with Gasteiger partial charge < -0.3 is 5.32 Å². The third-order valence-corrected chi connectivity index (χ3v) is 3.91. The predicted octanol–water partition coefficient (Wildman–Crippen LogP) is 2.46. The molecule has 0 aromatic heterocycles. The second-order valence-corrected chi connectivity index (χ2v) is 6.30. The van der Waals surface area contributed by atoms with Crippen molar-refractivity contribution in [2.24, 2.45) is 0 Å². The van der Waals surface area contributed by atoms with Crippen molar-refractivity contribution in [3.05, 3.63) is 70.2 Å². The molecule has 0 aliphatic rings. The summed E-state index contributed by atoms with van der Waals surface area (Å²) in [5, 5.41) is 3.19. The smallest absolute Gasteiger partial charge is 0.242 e. The molecule has 0 atom stereocenters. The number of hydrogen-bond donors (Lipinski definition) is 3. The van der Waals surface area contributed by atoms with Crippen molar-refractivity contribution in [3.63, 3.8) is 0 Å². The van der Waals surface area contributed by atoms with E-state index in [0.29, 0.717) is 5.02 Å². The molecule has 0 heterocycles. The molecule has 130 valence electrons. The number of carbonyl (C=O) groups is 2. The first-order valence-electron chi connectivity index (χ1n) is 7.61. The fourth-order valence-corrected chi connectivity index (χ4v) is 2.43. The largest absolute Gasteiger partial charge is 0.302 e. The third kappa shape index (κ3) is 6.52. The molecule has 2 aromatic carbocycles. The molecule has 0 bridgehead atoms. The van der Waals surface area contributed by atoms with Gasteiger partial charge in [-0.05, 0) is 48.0 Å². The molecule has 0 aliphatic carbocycles. The Morgan fingerprint density at radius 1 is 0.960 bits per heavy atom. The van der Waals surface area contributed by atoms with E-state index >= 15 is 0 Å². The molecule has 2 amide bonds. The van der Waals surface area contributed by atoms with Gasteiger partial charge in [0.1, 0.15) is 0 Å². The highest BCUT2D eigenvalue weighted by Gasteiger charge is 2.09. The van der Waals surface area contributed by atoms with Crippen LogP contribution in [0.4, 0.5) is 0 Å². The van der Waals surface area contributed by atoms with E-state index in [1.54, 1.807) is 24.3 Å². The first-order chi connectivity index (χ1) is 11.9. The van der Waals surface area contributed by atoms with Gasteiger partial charge in [-0.2, -0.15) is 0 Å². The van der Waals surface area contributed by atoms with Crippen LogP contribution in [0.25, 0.3) is 0 Å². The highest BCUT2D eigenvalue weighted by atomic mass is 35.5. The minimum Gasteiger partial charge on any atom is -0.302 e. The average Bonchev–Trinajstić information content (AvgIpc) is 2.57. The number of nitrogens with one attached hydrogen (secondary N) is 3. The minimum atomic E-state index is -0.280. The van der Waals surface area contributed by atoms with Crippen LogP contribution in [0, 0.1) is 6.92 Å². The van der Waals surface area contributed by atoms with Crippen molar-refractivity contribution < 1.29 is 9.59 Å². The summed E-state index contributed by atoms with van der Waals surface area (Å²) in [4.78, 5) is 23.8.